The standard InChI is InChI=1S/C42H81N2O7P/c1-3-5-7-9-11-13-14-15-16-17-18-19-20-21-22-23-24-26-28-30-32-34-41(46)40(38-51-52(48,49)50-36-35-43)44-42(47)37-39(45)33-31-29-27-25-12-10-8-6-4-2/h20-21,24,26,32,34,39-41,45-46H,3-19,22-23,25,27-31,33,35-38,43H2,1-2H3,(H,44,47)(H,48,49)/b21-20+,26-24+,34-32+. The molecule has 0 saturated heterocycles. The summed E-state index contributed by atoms with van der Waals surface area (Å²) in [7, 11) is -4.41. The number of aliphatic hydroxyl groups is 2. The van der Waals surface area contributed by atoms with Crippen LogP contribution in [0.5, 0.6) is 0 Å². The molecule has 0 heterocycles. The molecule has 6 N–H and O–H groups in total. The topological polar surface area (TPSA) is 151 Å². The summed E-state index contributed by atoms with van der Waals surface area (Å²) < 4.78 is 22.0. The molecule has 52 heavy (non-hydrogen) atoms. The lowest BCUT2D eigenvalue weighted by molar-refractivity contribution is -0.124. The van der Waals surface area contributed by atoms with Gasteiger partial charge in [0, 0.05) is 6.54 Å². The number of rotatable bonds is 39. The monoisotopic (exact) mass is 757 g/mol. The van der Waals surface area contributed by atoms with Gasteiger partial charge >= 0.3 is 7.82 Å². The average molecular weight is 757 g/mol. The number of carbonyl (C=O) groups excluding carboxylic acids is 1. The van der Waals surface area contributed by atoms with Crippen LogP contribution in [0.1, 0.15) is 187 Å². The summed E-state index contributed by atoms with van der Waals surface area (Å²) in [6.07, 6.45) is 41.0. The molecule has 9 nitrogen and oxygen atoms in total. The summed E-state index contributed by atoms with van der Waals surface area (Å²) in [5, 5.41) is 23.9. The highest BCUT2D eigenvalue weighted by Gasteiger charge is 2.27. The number of nitrogens with one attached hydrogen (secondary N) is 1. The molecule has 0 fully saturated rings. The van der Waals surface area contributed by atoms with Gasteiger partial charge in [-0.05, 0) is 44.9 Å². The highest BCUT2D eigenvalue weighted by Crippen LogP contribution is 2.43. The molecule has 0 rings (SSSR count). The molecule has 0 bridgehead atoms. The van der Waals surface area contributed by atoms with Gasteiger partial charge in [0.2, 0.25) is 5.91 Å². The molecule has 0 saturated carbocycles. The van der Waals surface area contributed by atoms with E-state index in [2.05, 4.69) is 43.5 Å². The number of hydrogen-bond acceptors (Lipinski definition) is 7. The quantitative estimate of drug-likeness (QED) is 0.0236. The van der Waals surface area contributed by atoms with Crippen LogP contribution < -0.4 is 11.1 Å². The number of hydrogen-bond donors (Lipinski definition) is 5. The fourth-order valence-electron chi connectivity index (χ4n) is 6.03. The number of phosphoric ester groups is 1. The Morgan fingerprint density at radius 3 is 1.60 bits per heavy atom. The Labute approximate surface area is 319 Å². The van der Waals surface area contributed by atoms with E-state index in [1.165, 1.54) is 109 Å². The van der Waals surface area contributed by atoms with Crippen LogP contribution in [-0.2, 0) is 18.4 Å². The fourth-order valence-corrected chi connectivity index (χ4v) is 6.79. The SMILES string of the molecule is CCCCCCCCCCCCC/C=C/CC/C=C/CC/C=C/C(O)C(COP(=O)(O)OCCN)NC(=O)CC(O)CCCCCCCCCCC. The molecule has 0 radical (unpaired) electrons. The lowest BCUT2D eigenvalue weighted by Gasteiger charge is -2.24. The highest BCUT2D eigenvalue weighted by molar-refractivity contribution is 7.47. The van der Waals surface area contributed by atoms with Crippen LogP contribution in [0.4, 0.5) is 0 Å². The molecule has 0 spiro atoms. The number of amides is 1. The van der Waals surface area contributed by atoms with Crippen molar-refractivity contribution in [1.82, 2.24) is 5.32 Å². The van der Waals surface area contributed by atoms with Crippen molar-refractivity contribution in [3.8, 4) is 0 Å². The first-order chi connectivity index (χ1) is 25.3. The molecule has 0 aromatic rings. The van der Waals surface area contributed by atoms with Gasteiger partial charge in [-0.25, -0.2) is 4.57 Å². The Kier molecular flexibility index (Phi) is 37.0. The van der Waals surface area contributed by atoms with Gasteiger partial charge in [-0.1, -0.05) is 172 Å². The summed E-state index contributed by atoms with van der Waals surface area (Å²) in [5.41, 5.74) is 5.35. The third-order valence-electron chi connectivity index (χ3n) is 9.25. The summed E-state index contributed by atoms with van der Waals surface area (Å²) in [6.45, 7) is 3.91. The van der Waals surface area contributed by atoms with E-state index in [-0.39, 0.29) is 19.6 Å². The number of aliphatic hydroxyl groups excluding tert-OH is 2. The molecule has 0 aromatic carbocycles. The Balaban J connectivity index is 4.38. The van der Waals surface area contributed by atoms with Crippen molar-refractivity contribution in [3.63, 3.8) is 0 Å². The minimum atomic E-state index is -4.41. The first-order valence-electron chi connectivity index (χ1n) is 21.2. The van der Waals surface area contributed by atoms with Crippen molar-refractivity contribution >= 4 is 13.7 Å². The van der Waals surface area contributed by atoms with Crippen LogP contribution in [0.25, 0.3) is 0 Å². The minimum Gasteiger partial charge on any atom is -0.393 e. The first kappa shape index (κ1) is 50.7. The van der Waals surface area contributed by atoms with Gasteiger partial charge < -0.3 is 26.2 Å². The molecule has 4 atom stereocenters. The molecule has 0 aliphatic rings. The van der Waals surface area contributed by atoms with Gasteiger partial charge in [-0.3, -0.25) is 13.8 Å². The van der Waals surface area contributed by atoms with E-state index >= 15 is 0 Å². The van der Waals surface area contributed by atoms with E-state index < -0.39 is 38.6 Å². The van der Waals surface area contributed by atoms with E-state index in [9.17, 15) is 24.5 Å². The molecule has 0 aliphatic carbocycles. The summed E-state index contributed by atoms with van der Waals surface area (Å²) in [6, 6.07) is -1.00. The van der Waals surface area contributed by atoms with Crippen molar-refractivity contribution in [2.75, 3.05) is 19.8 Å². The van der Waals surface area contributed by atoms with E-state index in [0.717, 1.165) is 44.9 Å². The van der Waals surface area contributed by atoms with Gasteiger partial charge in [0.1, 0.15) is 0 Å². The Bertz CT molecular complexity index is 930. The molecule has 10 heteroatoms. The zero-order valence-corrected chi connectivity index (χ0v) is 34.3. The maximum Gasteiger partial charge on any atom is 0.472 e. The second-order valence-electron chi connectivity index (χ2n) is 14.4. The van der Waals surface area contributed by atoms with Gasteiger partial charge in [-0.2, -0.15) is 0 Å². The summed E-state index contributed by atoms with van der Waals surface area (Å²) in [4.78, 5) is 22.7. The molecule has 0 aliphatic heterocycles. The maximum absolute atomic E-state index is 12.7. The van der Waals surface area contributed by atoms with Crippen molar-refractivity contribution in [2.24, 2.45) is 5.73 Å². The van der Waals surface area contributed by atoms with Gasteiger partial charge in [0.25, 0.3) is 0 Å². The lowest BCUT2D eigenvalue weighted by Crippen LogP contribution is -2.46. The summed E-state index contributed by atoms with van der Waals surface area (Å²) in [5.74, 6) is -0.462. The molecule has 4 unspecified atom stereocenters. The highest BCUT2D eigenvalue weighted by atomic mass is 31.2. The smallest absolute Gasteiger partial charge is 0.393 e. The molecule has 1 amide bonds. The van der Waals surface area contributed by atoms with Gasteiger partial charge in [0.05, 0.1) is 37.9 Å². The third-order valence-corrected chi connectivity index (χ3v) is 10.2. The van der Waals surface area contributed by atoms with Crippen molar-refractivity contribution in [1.29, 1.82) is 0 Å². The van der Waals surface area contributed by atoms with Crippen LogP contribution in [-0.4, -0.2) is 59.0 Å². The van der Waals surface area contributed by atoms with Gasteiger partial charge in [-0.15, -0.1) is 0 Å². The Morgan fingerprint density at radius 2 is 1.10 bits per heavy atom. The predicted octanol–water partition coefficient (Wildman–Crippen LogP) is 10.5. The zero-order chi connectivity index (χ0) is 38.4. The van der Waals surface area contributed by atoms with Crippen molar-refractivity contribution < 1.29 is 33.5 Å². The van der Waals surface area contributed by atoms with E-state index in [1.54, 1.807) is 6.08 Å². The number of unbranched alkanes of at least 4 members (excludes halogenated alkanes) is 21. The minimum absolute atomic E-state index is 0.0426. The zero-order valence-electron chi connectivity index (χ0n) is 33.4. The van der Waals surface area contributed by atoms with Crippen molar-refractivity contribution in [2.45, 2.75) is 205 Å². The normalized spacial score (nSPS) is 15.1. The van der Waals surface area contributed by atoms with E-state index in [1.807, 2.05) is 6.08 Å². The third kappa shape index (κ3) is 35.7. The number of allylic oxidation sites excluding steroid dienone is 5. The molecular weight excluding hydrogens is 675 g/mol. The van der Waals surface area contributed by atoms with Crippen LogP contribution in [0.3, 0.4) is 0 Å². The van der Waals surface area contributed by atoms with Crippen molar-refractivity contribution in [3.05, 3.63) is 36.5 Å². The molecular formula is C42H81N2O7P. The molecule has 306 valence electrons. The van der Waals surface area contributed by atoms with Gasteiger partial charge in [0.15, 0.2) is 0 Å². The number of nitrogens with two attached hydrogens (primary N) is 1. The van der Waals surface area contributed by atoms with Crippen LogP contribution in [0, 0.1) is 0 Å². The summed E-state index contributed by atoms with van der Waals surface area (Å²) >= 11 is 0. The Hall–Kier alpha value is -1.32. The maximum atomic E-state index is 12.7. The van der Waals surface area contributed by atoms with E-state index in [4.69, 9.17) is 14.8 Å². The lowest BCUT2D eigenvalue weighted by atomic mass is 10.0. The van der Waals surface area contributed by atoms with Crippen LogP contribution in [0.2, 0.25) is 0 Å². The first-order valence-corrected chi connectivity index (χ1v) is 22.7. The average Bonchev–Trinajstić information content (AvgIpc) is 3.12. The van der Waals surface area contributed by atoms with E-state index in [0.29, 0.717) is 12.8 Å². The fraction of sp³-hybridized carbons (Fsp3) is 0.833. The Morgan fingerprint density at radius 1 is 0.654 bits per heavy atom. The largest absolute Gasteiger partial charge is 0.472 e. The second kappa shape index (κ2) is 38.0. The van der Waals surface area contributed by atoms with Crippen LogP contribution >= 0.6 is 7.82 Å². The molecule has 0 aromatic heterocycles. The predicted molar refractivity (Wildman–Crippen MR) is 218 cm³/mol. The second-order valence-corrected chi connectivity index (χ2v) is 15.8. The van der Waals surface area contributed by atoms with Crippen LogP contribution in [0.15, 0.2) is 36.5 Å². The number of phosphoric acid groups is 1. The number of carbonyl (C=O) groups is 1.